The minimum Gasteiger partial charge on any atom is -0.493 e. The summed E-state index contributed by atoms with van der Waals surface area (Å²) in [6.07, 6.45) is 0.964. The molecule has 128 valence electrons. The van der Waals surface area contributed by atoms with Crippen LogP contribution in [0.3, 0.4) is 0 Å². The molecule has 0 atom stereocenters. The number of carbonyl (C=O) groups is 2. The molecule has 0 saturated carbocycles. The van der Waals surface area contributed by atoms with Crippen molar-refractivity contribution in [2.75, 3.05) is 13.7 Å². The van der Waals surface area contributed by atoms with Crippen molar-refractivity contribution in [3.8, 4) is 11.5 Å². The maximum Gasteiger partial charge on any atom is 0.305 e. The molecule has 2 N–H and O–H groups in total. The molecule has 0 aliphatic heterocycles. The number of carboxylic acid groups (broad SMARTS) is 1. The minimum atomic E-state index is -0.932. The summed E-state index contributed by atoms with van der Waals surface area (Å²) in [5.74, 6) is -0.222. The maximum atomic E-state index is 12.5. The first kappa shape index (κ1) is 18.8. The van der Waals surface area contributed by atoms with Crippen molar-refractivity contribution in [3.63, 3.8) is 0 Å². The largest absolute Gasteiger partial charge is 0.493 e. The van der Waals surface area contributed by atoms with Gasteiger partial charge in [0, 0.05) is 5.56 Å². The van der Waals surface area contributed by atoms with E-state index in [1.165, 1.54) is 7.11 Å². The normalized spacial score (nSPS) is 11.0. The Balaban J connectivity index is 3.01. The van der Waals surface area contributed by atoms with Crippen molar-refractivity contribution in [2.45, 2.75) is 45.6 Å². The summed E-state index contributed by atoms with van der Waals surface area (Å²) in [5, 5.41) is 11.9. The van der Waals surface area contributed by atoms with E-state index >= 15 is 0 Å². The van der Waals surface area contributed by atoms with Gasteiger partial charge in [-0.1, -0.05) is 13.8 Å². The van der Waals surface area contributed by atoms with Crippen LogP contribution in [0.2, 0.25) is 0 Å². The van der Waals surface area contributed by atoms with Gasteiger partial charge in [0.05, 0.1) is 25.7 Å². The molecule has 0 bridgehead atoms. The van der Waals surface area contributed by atoms with Crippen molar-refractivity contribution in [3.05, 3.63) is 23.8 Å². The van der Waals surface area contributed by atoms with E-state index in [2.05, 4.69) is 5.32 Å². The fourth-order valence-electron chi connectivity index (χ4n) is 2.41. The second-order valence-electron chi connectivity index (χ2n) is 5.31. The lowest BCUT2D eigenvalue weighted by molar-refractivity contribution is -0.138. The Labute approximate surface area is 136 Å². The van der Waals surface area contributed by atoms with E-state index in [1.807, 2.05) is 20.8 Å². The predicted molar refractivity (Wildman–Crippen MR) is 87.2 cm³/mol. The molecule has 1 rings (SSSR count). The third-order valence-corrected chi connectivity index (χ3v) is 3.95. The van der Waals surface area contributed by atoms with Crippen LogP contribution in [0.1, 0.15) is 50.4 Å². The molecule has 1 amide bonds. The van der Waals surface area contributed by atoms with Crippen molar-refractivity contribution in [2.24, 2.45) is 0 Å². The third-order valence-electron chi connectivity index (χ3n) is 3.95. The Kier molecular flexibility index (Phi) is 6.88. The van der Waals surface area contributed by atoms with Crippen molar-refractivity contribution >= 4 is 11.9 Å². The Morgan fingerprint density at radius 1 is 1.17 bits per heavy atom. The highest BCUT2D eigenvalue weighted by atomic mass is 16.5. The molecule has 23 heavy (non-hydrogen) atoms. The van der Waals surface area contributed by atoms with Gasteiger partial charge in [-0.15, -0.1) is 0 Å². The number of ether oxygens (including phenoxy) is 2. The zero-order valence-electron chi connectivity index (χ0n) is 14.1. The minimum absolute atomic E-state index is 0.111. The van der Waals surface area contributed by atoms with Crippen LogP contribution in [-0.4, -0.2) is 36.2 Å². The number of amides is 1. The third kappa shape index (κ3) is 4.87. The van der Waals surface area contributed by atoms with E-state index in [9.17, 15) is 9.59 Å². The first-order valence-corrected chi connectivity index (χ1v) is 7.76. The molecule has 1 aromatic carbocycles. The average Bonchev–Trinajstić information content (AvgIpc) is 2.54. The fraction of sp³-hybridized carbons (Fsp3) is 0.529. The van der Waals surface area contributed by atoms with Crippen LogP contribution < -0.4 is 14.8 Å². The number of benzene rings is 1. The molecule has 6 heteroatoms. The van der Waals surface area contributed by atoms with Gasteiger partial charge in [-0.25, -0.2) is 0 Å². The molecule has 0 heterocycles. The molecular weight excluding hydrogens is 298 g/mol. The fourth-order valence-corrected chi connectivity index (χ4v) is 2.41. The average molecular weight is 323 g/mol. The van der Waals surface area contributed by atoms with E-state index in [4.69, 9.17) is 14.6 Å². The summed E-state index contributed by atoms with van der Waals surface area (Å²) in [5.41, 5.74) is -0.351. The van der Waals surface area contributed by atoms with E-state index in [-0.39, 0.29) is 12.3 Å². The lowest BCUT2D eigenvalue weighted by Crippen LogP contribution is -2.49. The number of hydrogen-bond donors (Lipinski definition) is 2. The number of methoxy groups -OCH3 is 1. The number of hydrogen-bond acceptors (Lipinski definition) is 4. The molecule has 0 unspecified atom stereocenters. The quantitative estimate of drug-likeness (QED) is 0.730. The zero-order chi connectivity index (χ0) is 17.5. The van der Waals surface area contributed by atoms with Crippen LogP contribution >= 0.6 is 0 Å². The van der Waals surface area contributed by atoms with Gasteiger partial charge in [0.15, 0.2) is 11.5 Å². The van der Waals surface area contributed by atoms with E-state index in [0.29, 0.717) is 36.5 Å². The van der Waals surface area contributed by atoms with Gasteiger partial charge in [0.25, 0.3) is 5.91 Å². The Morgan fingerprint density at radius 3 is 2.30 bits per heavy atom. The van der Waals surface area contributed by atoms with Crippen molar-refractivity contribution < 1.29 is 24.2 Å². The van der Waals surface area contributed by atoms with Crippen LogP contribution in [0, 0.1) is 0 Å². The van der Waals surface area contributed by atoms with Crippen LogP contribution in [0.15, 0.2) is 18.2 Å². The van der Waals surface area contributed by atoms with Gasteiger partial charge in [0.1, 0.15) is 0 Å². The molecule has 1 aromatic rings. The highest BCUT2D eigenvalue weighted by Crippen LogP contribution is 2.28. The standard InChI is InChI=1S/C17H25NO5/c1-5-17(6-2,11-15(19)20)18-16(21)12-8-9-13(23-7-3)14(10-12)22-4/h8-10H,5-7,11H2,1-4H3,(H,18,21)(H,19,20). The van der Waals surface area contributed by atoms with Crippen molar-refractivity contribution in [1.82, 2.24) is 5.32 Å². The molecule has 0 aromatic heterocycles. The summed E-state index contributed by atoms with van der Waals surface area (Å²) < 4.78 is 10.7. The zero-order valence-corrected chi connectivity index (χ0v) is 14.1. The molecule has 0 radical (unpaired) electrons. The highest BCUT2D eigenvalue weighted by Gasteiger charge is 2.31. The lowest BCUT2D eigenvalue weighted by Gasteiger charge is -2.31. The Bertz CT molecular complexity index is 552. The monoisotopic (exact) mass is 323 g/mol. The van der Waals surface area contributed by atoms with Crippen LogP contribution in [0.4, 0.5) is 0 Å². The maximum absolute atomic E-state index is 12.5. The van der Waals surface area contributed by atoms with Gasteiger partial charge in [0.2, 0.25) is 0 Å². The Morgan fingerprint density at radius 2 is 1.83 bits per heavy atom. The SMILES string of the molecule is CCOc1ccc(C(=O)NC(CC)(CC)CC(=O)O)cc1OC. The molecule has 0 saturated heterocycles. The Hall–Kier alpha value is -2.24. The molecule has 6 nitrogen and oxygen atoms in total. The summed E-state index contributed by atoms with van der Waals surface area (Å²) in [4.78, 5) is 23.6. The molecular formula is C17H25NO5. The van der Waals surface area contributed by atoms with Gasteiger partial charge >= 0.3 is 5.97 Å². The van der Waals surface area contributed by atoms with E-state index < -0.39 is 11.5 Å². The summed E-state index contributed by atoms with van der Waals surface area (Å²) in [7, 11) is 1.51. The lowest BCUT2D eigenvalue weighted by atomic mass is 9.88. The topological polar surface area (TPSA) is 84.9 Å². The summed E-state index contributed by atoms with van der Waals surface area (Å²) in [6, 6.07) is 4.91. The van der Waals surface area contributed by atoms with Crippen LogP contribution in [0.25, 0.3) is 0 Å². The molecule has 0 spiro atoms. The first-order chi connectivity index (χ1) is 10.9. The summed E-state index contributed by atoms with van der Waals surface area (Å²) >= 11 is 0. The van der Waals surface area contributed by atoms with Crippen LogP contribution in [0.5, 0.6) is 11.5 Å². The number of nitrogens with one attached hydrogen (secondary N) is 1. The van der Waals surface area contributed by atoms with E-state index in [0.717, 1.165) is 0 Å². The molecule has 0 fully saturated rings. The number of carboxylic acids is 1. The number of aliphatic carboxylic acids is 1. The second kappa shape index (κ2) is 8.41. The molecule has 0 aliphatic rings. The van der Waals surface area contributed by atoms with Gasteiger partial charge in [-0.2, -0.15) is 0 Å². The molecule has 0 aliphatic carbocycles. The highest BCUT2D eigenvalue weighted by molar-refractivity contribution is 5.95. The van der Waals surface area contributed by atoms with Crippen molar-refractivity contribution in [1.29, 1.82) is 0 Å². The number of rotatable bonds is 9. The summed E-state index contributed by atoms with van der Waals surface area (Å²) in [6.45, 7) is 6.09. The predicted octanol–water partition coefficient (Wildman–Crippen LogP) is 2.86. The van der Waals surface area contributed by atoms with Gasteiger partial charge in [-0.3, -0.25) is 9.59 Å². The second-order valence-corrected chi connectivity index (χ2v) is 5.31. The van der Waals surface area contributed by atoms with E-state index in [1.54, 1.807) is 18.2 Å². The number of carbonyl (C=O) groups excluding carboxylic acids is 1. The van der Waals surface area contributed by atoms with Gasteiger partial charge in [-0.05, 0) is 38.0 Å². The van der Waals surface area contributed by atoms with Gasteiger partial charge < -0.3 is 19.9 Å². The first-order valence-electron chi connectivity index (χ1n) is 7.76. The smallest absolute Gasteiger partial charge is 0.305 e. The van der Waals surface area contributed by atoms with Crippen LogP contribution in [-0.2, 0) is 4.79 Å².